The van der Waals surface area contributed by atoms with Crippen LogP contribution < -0.4 is 28.4 Å². The molecule has 0 aliphatic rings. The smallest absolute Gasteiger partial charge is 0.406 e. The molecule has 0 spiro atoms. The van der Waals surface area contributed by atoms with Gasteiger partial charge in [0.25, 0.3) is 0 Å². The van der Waals surface area contributed by atoms with Crippen molar-refractivity contribution in [3.05, 3.63) is 145 Å². The lowest BCUT2D eigenvalue weighted by Crippen LogP contribution is -2.32. The number of para-hydroxylation sites is 4. The number of rotatable bonds is 13. The number of ether oxygens (including phenoxy) is 7. The summed E-state index contributed by atoms with van der Waals surface area (Å²) in [5, 5.41) is 0. The van der Waals surface area contributed by atoms with Crippen molar-refractivity contribution in [1.29, 1.82) is 0 Å². The number of carbonyl (C=O) groups is 1. The maximum absolute atomic E-state index is 12.7. The van der Waals surface area contributed by atoms with E-state index in [2.05, 4.69) is 0 Å². The summed E-state index contributed by atoms with van der Waals surface area (Å²) in [4.78, 5) is 12.7. The lowest BCUT2D eigenvalue weighted by Gasteiger charge is -2.23. The predicted molar refractivity (Wildman–Crippen MR) is 155 cm³/mol. The molecule has 0 saturated carbocycles. The minimum atomic E-state index is -1.27. The van der Waals surface area contributed by atoms with E-state index in [9.17, 15) is 4.79 Å². The van der Waals surface area contributed by atoms with Crippen molar-refractivity contribution in [2.24, 2.45) is 0 Å². The fraction of sp³-hybridized carbons (Fsp3) is 0.0882. The molecule has 0 aliphatic carbocycles. The van der Waals surface area contributed by atoms with E-state index in [0.717, 1.165) is 0 Å². The number of hydrogen-bond acceptors (Lipinski definition) is 8. The van der Waals surface area contributed by atoms with Crippen molar-refractivity contribution in [3.63, 3.8) is 0 Å². The molecule has 5 rings (SSSR count). The molecule has 0 atom stereocenters. The Morgan fingerprint density at radius 3 is 1.19 bits per heavy atom. The van der Waals surface area contributed by atoms with E-state index in [1.807, 2.05) is 72.8 Å². The third-order valence-corrected chi connectivity index (χ3v) is 5.72. The van der Waals surface area contributed by atoms with Crippen LogP contribution in [0.5, 0.6) is 34.5 Å². The van der Waals surface area contributed by atoms with E-state index in [-0.39, 0.29) is 17.1 Å². The molecule has 0 amide bonds. The third kappa shape index (κ3) is 7.95. The number of carbonyl (C=O) groups excluding carboxylic acids is 1. The van der Waals surface area contributed by atoms with E-state index in [1.54, 1.807) is 54.6 Å². The molecule has 0 radical (unpaired) electrons. The van der Waals surface area contributed by atoms with Gasteiger partial charge in [-0.1, -0.05) is 72.8 Å². The Kier molecular flexibility index (Phi) is 9.40. The van der Waals surface area contributed by atoms with Gasteiger partial charge in [0.1, 0.15) is 40.1 Å². The fourth-order valence-electron chi connectivity index (χ4n) is 3.75. The average molecular weight is 565 g/mol. The van der Waals surface area contributed by atoms with Crippen molar-refractivity contribution in [2.45, 2.75) is 13.0 Å². The van der Waals surface area contributed by atoms with Crippen LogP contribution in [0.2, 0.25) is 0 Å². The molecule has 0 heterocycles. The quantitative estimate of drug-likeness (QED) is 0.111. The largest absolute Gasteiger partial charge is 0.465 e. The predicted octanol–water partition coefficient (Wildman–Crippen LogP) is 7.11. The van der Waals surface area contributed by atoms with Crippen molar-refractivity contribution in [1.82, 2.24) is 0 Å². The fourth-order valence-corrected chi connectivity index (χ4v) is 3.75. The topological polar surface area (TPSA) is 81.7 Å². The zero-order valence-electron chi connectivity index (χ0n) is 22.7. The highest BCUT2D eigenvalue weighted by molar-refractivity contribution is 5.92. The number of esters is 1. The minimum absolute atomic E-state index is 0.0920. The zero-order chi connectivity index (χ0) is 29.0. The molecule has 0 aliphatic heterocycles. The Hall–Kier alpha value is -5.63. The normalized spacial score (nSPS) is 10.5. The third-order valence-electron chi connectivity index (χ3n) is 5.72. The second kappa shape index (κ2) is 14.1. The maximum atomic E-state index is 12.7. The Morgan fingerprint density at radius 2 is 0.810 bits per heavy atom. The Bertz CT molecular complexity index is 1450. The van der Waals surface area contributed by atoms with E-state index in [1.165, 1.54) is 19.2 Å². The van der Waals surface area contributed by atoms with Crippen molar-refractivity contribution >= 4 is 5.97 Å². The van der Waals surface area contributed by atoms with Gasteiger partial charge in [-0.15, -0.1) is 0 Å². The number of benzene rings is 5. The molecule has 0 saturated heterocycles. The van der Waals surface area contributed by atoms with Gasteiger partial charge >= 0.3 is 18.9 Å². The second-order valence-electron chi connectivity index (χ2n) is 8.69. The van der Waals surface area contributed by atoms with Gasteiger partial charge in [0.05, 0.1) is 7.11 Å². The van der Waals surface area contributed by atoms with Crippen LogP contribution in [-0.2, 0) is 4.74 Å². The Labute approximate surface area is 243 Å². The molecule has 8 heteroatoms. The molecule has 8 nitrogen and oxygen atoms in total. The molecule has 42 heavy (non-hydrogen) atoms. The minimum Gasteiger partial charge on any atom is -0.465 e. The highest BCUT2D eigenvalue weighted by Gasteiger charge is 2.23. The van der Waals surface area contributed by atoms with Gasteiger partial charge in [0, 0.05) is 6.07 Å². The summed E-state index contributed by atoms with van der Waals surface area (Å²) in [5.41, 5.74) is 0.132. The van der Waals surface area contributed by atoms with E-state index in [4.69, 9.17) is 33.2 Å². The molecular formula is C34H28O8. The van der Waals surface area contributed by atoms with Gasteiger partial charge in [-0.25, -0.2) is 4.79 Å². The SMILES string of the molecule is COC(=O)c1ccc(OC(Oc2ccccc2)Oc2ccccc2)cc1OC(Oc1ccccc1)Oc1ccccc1. The van der Waals surface area contributed by atoms with Crippen molar-refractivity contribution < 1.29 is 38.0 Å². The van der Waals surface area contributed by atoms with Gasteiger partial charge in [-0.05, 0) is 60.7 Å². The van der Waals surface area contributed by atoms with Crippen LogP contribution in [0.4, 0.5) is 0 Å². The van der Waals surface area contributed by atoms with Gasteiger partial charge in [0.15, 0.2) is 0 Å². The summed E-state index contributed by atoms with van der Waals surface area (Å²) >= 11 is 0. The molecule has 0 unspecified atom stereocenters. The summed E-state index contributed by atoms with van der Waals surface area (Å²) in [7, 11) is 1.28. The monoisotopic (exact) mass is 564 g/mol. The molecule has 0 bridgehead atoms. The highest BCUT2D eigenvalue weighted by atomic mass is 16.9. The van der Waals surface area contributed by atoms with Gasteiger partial charge < -0.3 is 33.2 Å². The van der Waals surface area contributed by atoms with Crippen molar-refractivity contribution in [3.8, 4) is 34.5 Å². The zero-order valence-corrected chi connectivity index (χ0v) is 22.7. The first-order chi connectivity index (χ1) is 20.7. The number of methoxy groups -OCH3 is 1. The number of hydrogen-bond donors (Lipinski definition) is 0. The van der Waals surface area contributed by atoms with Crippen LogP contribution in [-0.4, -0.2) is 26.0 Å². The Morgan fingerprint density at radius 1 is 0.452 bits per heavy atom. The van der Waals surface area contributed by atoms with E-state index < -0.39 is 18.9 Å². The first-order valence-corrected chi connectivity index (χ1v) is 13.1. The first kappa shape index (κ1) is 27.9. The van der Waals surface area contributed by atoms with Crippen LogP contribution in [0.25, 0.3) is 0 Å². The van der Waals surface area contributed by atoms with E-state index in [0.29, 0.717) is 23.0 Å². The lowest BCUT2D eigenvalue weighted by atomic mass is 10.2. The van der Waals surface area contributed by atoms with Gasteiger partial charge in [-0.3, -0.25) is 0 Å². The van der Waals surface area contributed by atoms with Crippen LogP contribution in [0.1, 0.15) is 10.4 Å². The average Bonchev–Trinajstić information content (AvgIpc) is 3.03. The van der Waals surface area contributed by atoms with Gasteiger partial charge in [-0.2, -0.15) is 0 Å². The van der Waals surface area contributed by atoms with Crippen LogP contribution >= 0.6 is 0 Å². The van der Waals surface area contributed by atoms with Crippen LogP contribution in [0.15, 0.2) is 140 Å². The maximum Gasteiger partial charge on any atom is 0.406 e. The molecule has 5 aromatic carbocycles. The summed E-state index contributed by atoms with van der Waals surface area (Å²) in [6, 6.07) is 40.9. The summed E-state index contributed by atoms with van der Waals surface area (Å²) in [6.07, 6.45) is 0. The first-order valence-electron chi connectivity index (χ1n) is 13.1. The van der Waals surface area contributed by atoms with Crippen LogP contribution in [0, 0.1) is 0 Å². The second-order valence-corrected chi connectivity index (χ2v) is 8.69. The molecule has 5 aromatic rings. The molecule has 0 aromatic heterocycles. The molecule has 0 N–H and O–H groups in total. The summed E-state index contributed by atoms with van der Waals surface area (Å²) < 4.78 is 41.1. The van der Waals surface area contributed by atoms with E-state index >= 15 is 0 Å². The Balaban J connectivity index is 1.43. The van der Waals surface area contributed by atoms with Gasteiger partial charge in [0.2, 0.25) is 0 Å². The molecule has 0 fully saturated rings. The van der Waals surface area contributed by atoms with Crippen molar-refractivity contribution in [2.75, 3.05) is 7.11 Å². The summed E-state index contributed by atoms with van der Waals surface area (Å²) in [6.45, 7) is -2.45. The molecule has 212 valence electrons. The highest BCUT2D eigenvalue weighted by Crippen LogP contribution is 2.30. The summed E-state index contributed by atoms with van der Waals surface area (Å²) in [5.74, 6) is 1.83. The standard InChI is InChI=1S/C34H28O8/c1-36-32(35)30-23-22-29(41-33(37-25-14-6-2-7-15-25)38-26-16-8-3-9-17-26)24-31(30)42-34(39-27-18-10-4-11-19-27)40-28-20-12-5-13-21-28/h2-24,33-34H,1H3. The lowest BCUT2D eigenvalue weighted by molar-refractivity contribution is -0.143. The van der Waals surface area contributed by atoms with Crippen LogP contribution in [0.3, 0.4) is 0 Å². The molecular weight excluding hydrogens is 536 g/mol.